The topological polar surface area (TPSA) is 66.6 Å². The first-order valence-electron chi connectivity index (χ1n) is 7.53. The van der Waals surface area contributed by atoms with Gasteiger partial charge in [0.15, 0.2) is 5.58 Å². The average Bonchev–Trinajstić information content (AvgIpc) is 2.84. The third-order valence-electron chi connectivity index (χ3n) is 4.16. The van der Waals surface area contributed by atoms with E-state index in [1.807, 2.05) is 29.2 Å². The van der Waals surface area contributed by atoms with Crippen LogP contribution in [0.2, 0.25) is 0 Å². The Bertz CT molecular complexity index is 619. The Balaban J connectivity index is 1.73. The van der Waals surface area contributed by atoms with Crippen molar-refractivity contribution < 1.29 is 14.4 Å². The van der Waals surface area contributed by atoms with E-state index < -0.39 is 0 Å². The fraction of sp³-hybridized carbons (Fsp3) is 0.500. The number of para-hydroxylation sites is 1. The summed E-state index contributed by atoms with van der Waals surface area (Å²) in [6, 6.07) is 7.92. The molecule has 1 aliphatic rings. The molecule has 0 spiro atoms. The maximum absolute atomic E-state index is 12.6. The zero-order valence-corrected chi connectivity index (χ0v) is 12.0. The van der Waals surface area contributed by atoms with E-state index in [9.17, 15) is 4.79 Å². The third-order valence-corrected chi connectivity index (χ3v) is 4.16. The van der Waals surface area contributed by atoms with E-state index in [2.05, 4.69) is 5.16 Å². The molecule has 1 saturated carbocycles. The molecular weight excluding hydrogens is 268 g/mol. The lowest BCUT2D eigenvalue weighted by atomic mass is 9.91. The van der Waals surface area contributed by atoms with Crippen LogP contribution in [0.15, 0.2) is 28.8 Å². The Morgan fingerprint density at radius 1 is 1.38 bits per heavy atom. The molecule has 3 rings (SSSR count). The van der Waals surface area contributed by atoms with Gasteiger partial charge in [0.25, 0.3) is 0 Å². The van der Waals surface area contributed by atoms with Crippen LogP contribution in [-0.2, 0) is 11.2 Å². The first-order chi connectivity index (χ1) is 10.3. The number of aromatic nitrogens is 1. The summed E-state index contributed by atoms with van der Waals surface area (Å²) in [6.07, 6.45) is 4.20. The van der Waals surface area contributed by atoms with Gasteiger partial charge in [-0.3, -0.25) is 4.79 Å². The van der Waals surface area contributed by atoms with E-state index in [1.165, 1.54) is 6.42 Å². The lowest BCUT2D eigenvalue weighted by Crippen LogP contribution is -2.45. The maximum Gasteiger partial charge on any atom is 0.228 e. The SMILES string of the molecule is O=C(Cc1noc2ccccc12)N(CCCO)C1CCC1. The Morgan fingerprint density at radius 2 is 2.19 bits per heavy atom. The van der Waals surface area contributed by atoms with Crippen LogP contribution in [0.5, 0.6) is 0 Å². The van der Waals surface area contributed by atoms with Crippen molar-refractivity contribution in [2.24, 2.45) is 0 Å². The van der Waals surface area contributed by atoms with Crippen LogP contribution in [0.3, 0.4) is 0 Å². The third kappa shape index (κ3) is 2.93. The molecule has 1 aromatic heterocycles. The molecule has 1 N–H and O–H groups in total. The summed E-state index contributed by atoms with van der Waals surface area (Å²) in [7, 11) is 0. The Kier molecular flexibility index (Phi) is 4.20. The van der Waals surface area contributed by atoms with Crippen LogP contribution >= 0.6 is 0 Å². The smallest absolute Gasteiger partial charge is 0.228 e. The largest absolute Gasteiger partial charge is 0.396 e. The van der Waals surface area contributed by atoms with Crippen molar-refractivity contribution in [1.29, 1.82) is 0 Å². The molecule has 0 unspecified atom stereocenters. The van der Waals surface area contributed by atoms with Crippen molar-refractivity contribution >= 4 is 16.9 Å². The Labute approximate surface area is 123 Å². The summed E-state index contributed by atoms with van der Waals surface area (Å²) in [6.45, 7) is 0.735. The van der Waals surface area contributed by atoms with Crippen LogP contribution in [0, 0.1) is 0 Å². The van der Waals surface area contributed by atoms with Gasteiger partial charge in [0.1, 0.15) is 5.69 Å². The number of aliphatic hydroxyl groups is 1. The lowest BCUT2D eigenvalue weighted by Gasteiger charge is -2.37. The summed E-state index contributed by atoms with van der Waals surface area (Å²) < 4.78 is 5.25. The van der Waals surface area contributed by atoms with Gasteiger partial charge in [-0.15, -0.1) is 0 Å². The molecule has 1 heterocycles. The quantitative estimate of drug-likeness (QED) is 0.884. The molecule has 1 aliphatic carbocycles. The van der Waals surface area contributed by atoms with E-state index in [-0.39, 0.29) is 18.9 Å². The van der Waals surface area contributed by atoms with Gasteiger partial charge >= 0.3 is 0 Å². The summed E-state index contributed by atoms with van der Waals surface area (Å²) >= 11 is 0. The minimum atomic E-state index is 0.0761. The molecule has 1 fully saturated rings. The molecule has 5 heteroatoms. The molecule has 0 bridgehead atoms. The van der Waals surface area contributed by atoms with Gasteiger partial charge < -0.3 is 14.5 Å². The number of carbonyl (C=O) groups is 1. The number of fused-ring (bicyclic) bond motifs is 1. The predicted octanol–water partition coefficient (Wildman–Crippen LogP) is 2.13. The molecule has 0 radical (unpaired) electrons. The molecule has 2 aromatic rings. The highest BCUT2D eigenvalue weighted by Gasteiger charge is 2.29. The van der Waals surface area contributed by atoms with Gasteiger partial charge in [0.2, 0.25) is 5.91 Å². The number of benzene rings is 1. The van der Waals surface area contributed by atoms with Gasteiger partial charge in [0.05, 0.1) is 6.42 Å². The van der Waals surface area contributed by atoms with Crippen LogP contribution < -0.4 is 0 Å². The van der Waals surface area contributed by atoms with Crippen molar-refractivity contribution in [2.75, 3.05) is 13.2 Å². The molecule has 21 heavy (non-hydrogen) atoms. The Hall–Kier alpha value is -1.88. The molecule has 0 atom stereocenters. The van der Waals surface area contributed by atoms with Crippen LogP contribution in [0.1, 0.15) is 31.4 Å². The van der Waals surface area contributed by atoms with Gasteiger partial charge in [-0.1, -0.05) is 17.3 Å². The highest BCUT2D eigenvalue weighted by molar-refractivity contribution is 5.86. The summed E-state index contributed by atoms with van der Waals surface area (Å²) in [5, 5.41) is 13.9. The molecule has 1 amide bonds. The van der Waals surface area contributed by atoms with Crippen molar-refractivity contribution in [3.63, 3.8) is 0 Å². The van der Waals surface area contributed by atoms with E-state index in [1.54, 1.807) is 0 Å². The zero-order chi connectivity index (χ0) is 14.7. The predicted molar refractivity (Wildman–Crippen MR) is 78.8 cm³/mol. The van der Waals surface area contributed by atoms with Gasteiger partial charge in [-0.05, 0) is 37.8 Å². The first-order valence-corrected chi connectivity index (χ1v) is 7.53. The average molecular weight is 288 g/mol. The normalized spacial score (nSPS) is 15.1. The molecule has 1 aromatic carbocycles. The molecule has 112 valence electrons. The Morgan fingerprint density at radius 3 is 2.90 bits per heavy atom. The van der Waals surface area contributed by atoms with Crippen molar-refractivity contribution in [3.8, 4) is 0 Å². The number of rotatable bonds is 6. The van der Waals surface area contributed by atoms with E-state index in [0.717, 1.165) is 18.2 Å². The van der Waals surface area contributed by atoms with Gasteiger partial charge in [-0.25, -0.2) is 0 Å². The molecule has 5 nitrogen and oxygen atoms in total. The van der Waals surface area contributed by atoms with Crippen molar-refractivity contribution in [3.05, 3.63) is 30.0 Å². The van der Waals surface area contributed by atoms with Crippen molar-refractivity contribution in [1.82, 2.24) is 10.1 Å². The second kappa shape index (κ2) is 6.26. The van der Waals surface area contributed by atoms with Crippen LogP contribution in [-0.4, -0.2) is 40.3 Å². The van der Waals surface area contributed by atoms with E-state index >= 15 is 0 Å². The standard InChI is InChI=1S/C16H20N2O3/c19-10-4-9-18(12-5-3-6-12)16(20)11-14-13-7-1-2-8-15(13)21-17-14/h1-2,7-8,12,19H,3-6,9-11H2. The second-order valence-corrected chi connectivity index (χ2v) is 5.55. The summed E-state index contributed by atoms with van der Waals surface area (Å²) in [5.41, 5.74) is 1.41. The highest BCUT2D eigenvalue weighted by Crippen LogP contribution is 2.26. The monoisotopic (exact) mass is 288 g/mol. The number of carbonyl (C=O) groups excluding carboxylic acids is 1. The zero-order valence-electron chi connectivity index (χ0n) is 12.0. The maximum atomic E-state index is 12.6. The number of nitrogens with zero attached hydrogens (tertiary/aromatic N) is 2. The van der Waals surface area contributed by atoms with E-state index in [4.69, 9.17) is 9.63 Å². The summed E-state index contributed by atoms with van der Waals surface area (Å²) in [4.78, 5) is 14.5. The number of aliphatic hydroxyl groups excluding tert-OH is 1. The first kappa shape index (κ1) is 14.1. The number of hydrogen-bond donors (Lipinski definition) is 1. The fourth-order valence-corrected chi connectivity index (χ4v) is 2.76. The fourth-order valence-electron chi connectivity index (χ4n) is 2.76. The minimum absolute atomic E-state index is 0.0761. The van der Waals surface area contributed by atoms with E-state index in [0.29, 0.717) is 30.3 Å². The van der Waals surface area contributed by atoms with Crippen LogP contribution in [0.4, 0.5) is 0 Å². The van der Waals surface area contributed by atoms with Crippen LogP contribution in [0.25, 0.3) is 11.0 Å². The molecule has 0 saturated heterocycles. The van der Waals surface area contributed by atoms with Gasteiger partial charge in [-0.2, -0.15) is 0 Å². The van der Waals surface area contributed by atoms with Gasteiger partial charge in [0, 0.05) is 24.6 Å². The lowest BCUT2D eigenvalue weighted by molar-refractivity contribution is -0.134. The number of amides is 1. The second-order valence-electron chi connectivity index (χ2n) is 5.55. The molecular formula is C16H20N2O3. The minimum Gasteiger partial charge on any atom is -0.396 e. The highest BCUT2D eigenvalue weighted by atomic mass is 16.5. The summed E-state index contributed by atoms with van der Waals surface area (Å²) in [5.74, 6) is 0.0761. The van der Waals surface area contributed by atoms with Crippen molar-refractivity contribution in [2.45, 2.75) is 38.1 Å². The molecule has 0 aliphatic heterocycles. The number of hydrogen-bond acceptors (Lipinski definition) is 4.